The van der Waals surface area contributed by atoms with Gasteiger partial charge in [-0.25, -0.2) is 0 Å². The van der Waals surface area contributed by atoms with E-state index in [4.69, 9.17) is 11.6 Å². The Balaban J connectivity index is 0.00000243. The molecule has 1 unspecified atom stereocenters. The van der Waals surface area contributed by atoms with Crippen LogP contribution in [0.1, 0.15) is 30.5 Å². The highest BCUT2D eigenvalue weighted by Gasteiger charge is 2.39. The second-order valence-corrected chi connectivity index (χ2v) is 7.24. The first kappa shape index (κ1) is 20.7. The molecule has 1 aliphatic heterocycles. The number of benzene rings is 1. The lowest BCUT2D eigenvalue weighted by atomic mass is 9.74. The summed E-state index contributed by atoms with van der Waals surface area (Å²) in [6.45, 7) is 2.38. The highest BCUT2D eigenvalue weighted by molar-refractivity contribution is 6.30. The predicted molar refractivity (Wildman–Crippen MR) is 108 cm³/mol. The number of aromatic nitrogens is 1. The molecule has 0 radical (unpaired) electrons. The molecular weight excluding hydrogens is 369 g/mol. The van der Waals surface area contributed by atoms with Crippen molar-refractivity contribution in [2.75, 3.05) is 20.1 Å². The Morgan fingerprint density at radius 1 is 1.27 bits per heavy atom. The van der Waals surface area contributed by atoms with Gasteiger partial charge in [0.15, 0.2) is 0 Å². The highest BCUT2D eigenvalue weighted by atomic mass is 35.5. The maximum absolute atomic E-state index is 11.9. The van der Waals surface area contributed by atoms with Crippen LogP contribution in [0.25, 0.3) is 0 Å². The molecule has 3 rings (SSSR count). The van der Waals surface area contributed by atoms with E-state index in [1.165, 1.54) is 5.56 Å². The molecule has 0 saturated carbocycles. The van der Waals surface area contributed by atoms with E-state index in [1.54, 1.807) is 0 Å². The number of rotatable bonds is 6. The first-order valence-electron chi connectivity index (χ1n) is 8.70. The zero-order valence-electron chi connectivity index (χ0n) is 15.0. The number of pyridine rings is 1. The fourth-order valence-corrected chi connectivity index (χ4v) is 3.80. The van der Waals surface area contributed by atoms with E-state index in [-0.39, 0.29) is 23.7 Å². The minimum atomic E-state index is -0.0781. The molecule has 2 heterocycles. The number of carbonyl (C=O) groups excluding carboxylic acids is 1. The summed E-state index contributed by atoms with van der Waals surface area (Å²) >= 11 is 6.04. The van der Waals surface area contributed by atoms with Crippen LogP contribution in [0.15, 0.2) is 48.7 Å². The van der Waals surface area contributed by atoms with Crippen molar-refractivity contribution in [1.82, 2.24) is 15.2 Å². The SMILES string of the molecule is CN1CC(CCNCc2cccc(Cl)c2)(c2ccccn2)CCC1=O.Cl. The molecule has 26 heavy (non-hydrogen) atoms. The van der Waals surface area contributed by atoms with Crippen molar-refractivity contribution in [1.29, 1.82) is 0 Å². The first-order chi connectivity index (χ1) is 12.1. The minimum Gasteiger partial charge on any atom is -0.345 e. The topological polar surface area (TPSA) is 45.2 Å². The molecular formula is C20H25Cl2N3O. The average molecular weight is 394 g/mol. The summed E-state index contributed by atoms with van der Waals surface area (Å²) in [4.78, 5) is 18.4. The monoisotopic (exact) mass is 393 g/mol. The van der Waals surface area contributed by atoms with Gasteiger partial charge in [0.05, 0.1) is 0 Å². The Labute approximate surface area is 166 Å². The number of hydrogen-bond donors (Lipinski definition) is 1. The zero-order valence-corrected chi connectivity index (χ0v) is 16.5. The molecule has 1 saturated heterocycles. The van der Waals surface area contributed by atoms with E-state index < -0.39 is 0 Å². The number of hydrogen-bond acceptors (Lipinski definition) is 3. The molecule has 1 aromatic carbocycles. The Kier molecular flexibility index (Phi) is 7.44. The van der Waals surface area contributed by atoms with Crippen LogP contribution in [0.3, 0.4) is 0 Å². The van der Waals surface area contributed by atoms with Crippen LogP contribution in [0.5, 0.6) is 0 Å². The van der Waals surface area contributed by atoms with Gasteiger partial charge in [0.1, 0.15) is 0 Å². The van der Waals surface area contributed by atoms with E-state index in [0.29, 0.717) is 6.42 Å². The van der Waals surface area contributed by atoms with Gasteiger partial charge in [-0.3, -0.25) is 9.78 Å². The number of nitrogens with one attached hydrogen (secondary N) is 1. The van der Waals surface area contributed by atoms with E-state index >= 15 is 0 Å². The Morgan fingerprint density at radius 2 is 2.12 bits per heavy atom. The maximum atomic E-state index is 11.9. The number of piperidine rings is 1. The number of likely N-dealkylation sites (tertiary alicyclic amines) is 1. The van der Waals surface area contributed by atoms with Crippen molar-refractivity contribution in [2.45, 2.75) is 31.2 Å². The average Bonchev–Trinajstić information content (AvgIpc) is 2.63. The van der Waals surface area contributed by atoms with Crippen molar-refractivity contribution in [3.63, 3.8) is 0 Å². The summed E-state index contributed by atoms with van der Waals surface area (Å²) in [5.74, 6) is 0.221. The number of nitrogens with zero attached hydrogens (tertiary/aromatic N) is 2. The molecule has 0 bridgehead atoms. The summed E-state index contributed by atoms with van der Waals surface area (Å²) in [6, 6.07) is 14.0. The lowest BCUT2D eigenvalue weighted by Crippen LogP contribution is -2.48. The lowest BCUT2D eigenvalue weighted by Gasteiger charge is -2.41. The van der Waals surface area contributed by atoms with E-state index in [1.807, 2.05) is 48.5 Å². The van der Waals surface area contributed by atoms with Gasteiger partial charge in [-0.2, -0.15) is 0 Å². The Morgan fingerprint density at radius 3 is 2.81 bits per heavy atom. The zero-order chi connectivity index (χ0) is 17.7. The third kappa shape index (κ3) is 4.97. The first-order valence-corrected chi connectivity index (χ1v) is 9.07. The van der Waals surface area contributed by atoms with E-state index in [9.17, 15) is 4.79 Å². The second kappa shape index (κ2) is 9.36. The van der Waals surface area contributed by atoms with Gasteiger partial charge < -0.3 is 10.2 Å². The largest absolute Gasteiger partial charge is 0.345 e. The van der Waals surface area contributed by atoms with Crippen LogP contribution in [-0.4, -0.2) is 35.9 Å². The molecule has 140 valence electrons. The number of amides is 1. The summed E-state index contributed by atoms with van der Waals surface area (Å²) < 4.78 is 0. The summed E-state index contributed by atoms with van der Waals surface area (Å²) in [5.41, 5.74) is 2.18. The summed E-state index contributed by atoms with van der Waals surface area (Å²) in [5, 5.41) is 4.27. The van der Waals surface area contributed by atoms with Gasteiger partial charge in [0, 0.05) is 48.9 Å². The smallest absolute Gasteiger partial charge is 0.222 e. The molecule has 1 atom stereocenters. The van der Waals surface area contributed by atoms with Crippen molar-refractivity contribution >= 4 is 29.9 Å². The van der Waals surface area contributed by atoms with E-state index in [0.717, 1.165) is 43.2 Å². The second-order valence-electron chi connectivity index (χ2n) is 6.80. The number of likely N-dealkylation sites (N-methyl/N-ethyl adjacent to an activating group) is 1. The summed E-state index contributed by atoms with van der Waals surface area (Å²) in [7, 11) is 1.89. The number of halogens is 2. The van der Waals surface area contributed by atoms with Gasteiger partial charge >= 0.3 is 0 Å². The van der Waals surface area contributed by atoms with Gasteiger partial charge in [0.25, 0.3) is 0 Å². The standard InChI is InChI=1S/C20H24ClN3O.ClH/c1-24-15-20(9-8-19(24)25,18-7-2-3-11-23-18)10-12-22-14-16-5-4-6-17(21)13-16;/h2-7,11,13,22H,8-10,12,14-15H2,1H3;1H. The third-order valence-electron chi connectivity index (χ3n) is 4.99. The molecule has 1 N–H and O–H groups in total. The maximum Gasteiger partial charge on any atom is 0.222 e. The lowest BCUT2D eigenvalue weighted by molar-refractivity contribution is -0.134. The van der Waals surface area contributed by atoms with Gasteiger partial charge in [-0.15, -0.1) is 12.4 Å². The van der Waals surface area contributed by atoms with Crippen LogP contribution in [0.2, 0.25) is 5.02 Å². The fraction of sp³-hybridized carbons (Fsp3) is 0.400. The fourth-order valence-electron chi connectivity index (χ4n) is 3.58. The third-order valence-corrected chi connectivity index (χ3v) is 5.22. The van der Waals surface area contributed by atoms with Crippen molar-refractivity contribution in [2.24, 2.45) is 0 Å². The predicted octanol–water partition coefficient (Wildman–Crippen LogP) is 3.83. The number of carbonyl (C=O) groups is 1. The molecule has 1 fully saturated rings. The molecule has 1 amide bonds. The van der Waals surface area contributed by atoms with Gasteiger partial charge in [-0.1, -0.05) is 29.8 Å². The summed E-state index contributed by atoms with van der Waals surface area (Å²) in [6.07, 6.45) is 4.22. The van der Waals surface area contributed by atoms with Crippen LogP contribution < -0.4 is 5.32 Å². The molecule has 0 aliphatic carbocycles. The Hall–Kier alpha value is -1.62. The van der Waals surface area contributed by atoms with Gasteiger partial charge in [-0.05, 0) is 49.2 Å². The molecule has 2 aromatic rings. The van der Waals surface area contributed by atoms with Crippen molar-refractivity contribution in [3.8, 4) is 0 Å². The van der Waals surface area contributed by atoms with E-state index in [2.05, 4.69) is 22.4 Å². The molecule has 1 aromatic heterocycles. The van der Waals surface area contributed by atoms with Crippen LogP contribution >= 0.6 is 24.0 Å². The normalized spacial score (nSPS) is 19.9. The molecule has 4 nitrogen and oxygen atoms in total. The quantitative estimate of drug-likeness (QED) is 0.758. The molecule has 6 heteroatoms. The minimum absolute atomic E-state index is 0. The van der Waals surface area contributed by atoms with Crippen molar-refractivity contribution < 1.29 is 4.79 Å². The molecule has 1 aliphatic rings. The van der Waals surface area contributed by atoms with Crippen molar-refractivity contribution in [3.05, 3.63) is 64.9 Å². The van der Waals surface area contributed by atoms with Crippen LogP contribution in [-0.2, 0) is 16.8 Å². The van der Waals surface area contributed by atoms with Gasteiger partial charge in [0.2, 0.25) is 5.91 Å². The highest BCUT2D eigenvalue weighted by Crippen LogP contribution is 2.35. The molecule has 0 spiro atoms. The Bertz CT molecular complexity index is 726. The van der Waals surface area contributed by atoms with Crippen LogP contribution in [0, 0.1) is 0 Å². The van der Waals surface area contributed by atoms with Crippen LogP contribution in [0.4, 0.5) is 0 Å².